The van der Waals surface area contributed by atoms with Gasteiger partial charge in [-0.1, -0.05) is 50.0 Å². The van der Waals surface area contributed by atoms with Crippen LogP contribution in [0.25, 0.3) is 5.65 Å². The first-order valence-corrected chi connectivity index (χ1v) is 9.28. The second-order valence-corrected chi connectivity index (χ2v) is 7.15. The van der Waals surface area contributed by atoms with E-state index in [1.807, 2.05) is 64.9 Å². The molecule has 3 rings (SSSR count). The number of benzene rings is 1. The van der Waals surface area contributed by atoms with E-state index >= 15 is 0 Å². The molecule has 3 aromatic rings. The van der Waals surface area contributed by atoms with Crippen LogP contribution >= 0.6 is 0 Å². The van der Waals surface area contributed by atoms with Gasteiger partial charge < -0.3 is 9.30 Å². The molecule has 138 valence electrons. The van der Waals surface area contributed by atoms with Crippen LogP contribution in [0.4, 0.5) is 0 Å². The van der Waals surface area contributed by atoms with Crippen molar-refractivity contribution in [1.29, 1.82) is 0 Å². The lowest BCUT2D eigenvalue weighted by atomic mass is 10.2. The summed E-state index contributed by atoms with van der Waals surface area (Å²) >= 11 is 0. The Bertz CT molecular complexity index is 977. The first-order valence-electron chi connectivity index (χ1n) is 9.28. The highest BCUT2D eigenvalue weighted by atomic mass is 16.2. The SMILES string of the molecule is Cc1cccn2c(CC(=O)N(CC#Cc3ccccc3)CC(C)C)cnc12. The van der Waals surface area contributed by atoms with E-state index in [9.17, 15) is 4.79 Å². The molecule has 0 unspecified atom stereocenters. The molecule has 4 heteroatoms. The average molecular weight is 359 g/mol. The molecule has 0 N–H and O–H groups in total. The lowest BCUT2D eigenvalue weighted by Gasteiger charge is -2.22. The number of pyridine rings is 1. The van der Waals surface area contributed by atoms with Crippen LogP contribution in [0.2, 0.25) is 0 Å². The molecule has 0 aliphatic heterocycles. The van der Waals surface area contributed by atoms with Crippen molar-refractivity contribution in [2.75, 3.05) is 13.1 Å². The van der Waals surface area contributed by atoms with E-state index in [-0.39, 0.29) is 5.91 Å². The van der Waals surface area contributed by atoms with E-state index in [1.165, 1.54) is 0 Å². The van der Waals surface area contributed by atoms with E-state index in [4.69, 9.17) is 0 Å². The number of hydrogen-bond donors (Lipinski definition) is 0. The summed E-state index contributed by atoms with van der Waals surface area (Å²) in [6.07, 6.45) is 4.08. The number of amides is 1. The van der Waals surface area contributed by atoms with Gasteiger partial charge in [-0.2, -0.15) is 0 Å². The molecule has 2 aromatic heterocycles. The van der Waals surface area contributed by atoms with Gasteiger partial charge in [0.25, 0.3) is 0 Å². The minimum atomic E-state index is 0.0781. The Labute approximate surface area is 160 Å². The van der Waals surface area contributed by atoms with Crippen LogP contribution in [0.5, 0.6) is 0 Å². The first kappa shape index (κ1) is 18.7. The van der Waals surface area contributed by atoms with Crippen LogP contribution in [0, 0.1) is 24.7 Å². The van der Waals surface area contributed by atoms with E-state index in [0.29, 0.717) is 25.4 Å². The highest BCUT2D eigenvalue weighted by Gasteiger charge is 2.17. The minimum Gasteiger partial charge on any atom is -0.331 e. The lowest BCUT2D eigenvalue weighted by molar-refractivity contribution is -0.130. The highest BCUT2D eigenvalue weighted by Crippen LogP contribution is 2.13. The zero-order chi connectivity index (χ0) is 19.2. The van der Waals surface area contributed by atoms with Gasteiger partial charge in [-0.3, -0.25) is 4.79 Å². The van der Waals surface area contributed by atoms with Crippen LogP contribution in [0.15, 0.2) is 54.9 Å². The van der Waals surface area contributed by atoms with E-state index < -0.39 is 0 Å². The summed E-state index contributed by atoms with van der Waals surface area (Å²) in [5.74, 6) is 6.75. The van der Waals surface area contributed by atoms with Crippen molar-refractivity contribution in [3.05, 3.63) is 71.7 Å². The fourth-order valence-corrected chi connectivity index (χ4v) is 3.05. The molecule has 0 radical (unpaired) electrons. The third kappa shape index (κ3) is 4.77. The molecule has 0 bridgehead atoms. The van der Waals surface area contributed by atoms with Gasteiger partial charge in [0.05, 0.1) is 18.7 Å². The molecule has 0 saturated carbocycles. The van der Waals surface area contributed by atoms with Gasteiger partial charge in [0.2, 0.25) is 5.91 Å². The summed E-state index contributed by atoms with van der Waals surface area (Å²) in [5.41, 5.74) is 3.87. The van der Waals surface area contributed by atoms with Crippen molar-refractivity contribution in [3.8, 4) is 11.8 Å². The number of aryl methyl sites for hydroxylation is 1. The molecule has 0 aliphatic carbocycles. The Hall–Kier alpha value is -3.06. The third-order valence-corrected chi connectivity index (χ3v) is 4.35. The fourth-order valence-electron chi connectivity index (χ4n) is 3.05. The van der Waals surface area contributed by atoms with Crippen LogP contribution < -0.4 is 0 Å². The summed E-state index contributed by atoms with van der Waals surface area (Å²) in [7, 11) is 0. The Morgan fingerprint density at radius 1 is 1.19 bits per heavy atom. The number of hydrogen-bond acceptors (Lipinski definition) is 2. The van der Waals surface area contributed by atoms with E-state index in [0.717, 1.165) is 22.5 Å². The molecule has 0 fully saturated rings. The maximum Gasteiger partial charge on any atom is 0.229 e. The molecule has 2 heterocycles. The quantitative estimate of drug-likeness (QED) is 0.651. The predicted molar refractivity (Wildman–Crippen MR) is 108 cm³/mol. The topological polar surface area (TPSA) is 37.6 Å². The fraction of sp³-hybridized carbons (Fsp3) is 0.304. The molecule has 4 nitrogen and oxygen atoms in total. The van der Waals surface area contributed by atoms with Gasteiger partial charge in [0, 0.05) is 24.5 Å². The van der Waals surface area contributed by atoms with Crippen LogP contribution in [0.3, 0.4) is 0 Å². The molecule has 0 aliphatic rings. The Morgan fingerprint density at radius 3 is 2.70 bits per heavy atom. The van der Waals surface area contributed by atoms with Crippen molar-refractivity contribution >= 4 is 11.6 Å². The molecular weight excluding hydrogens is 334 g/mol. The first-order chi connectivity index (χ1) is 13.0. The highest BCUT2D eigenvalue weighted by molar-refractivity contribution is 5.79. The van der Waals surface area contributed by atoms with Gasteiger partial charge >= 0.3 is 0 Å². The van der Waals surface area contributed by atoms with Gasteiger partial charge in [-0.25, -0.2) is 4.98 Å². The smallest absolute Gasteiger partial charge is 0.229 e. The molecule has 0 atom stereocenters. The van der Waals surface area contributed by atoms with Crippen LogP contribution in [0.1, 0.15) is 30.7 Å². The Balaban J connectivity index is 1.75. The monoisotopic (exact) mass is 359 g/mol. The number of rotatable bonds is 5. The van der Waals surface area contributed by atoms with Crippen molar-refractivity contribution in [1.82, 2.24) is 14.3 Å². The summed E-state index contributed by atoms with van der Waals surface area (Å²) in [5, 5.41) is 0. The molecule has 1 aromatic carbocycles. The Kier molecular flexibility index (Phi) is 5.93. The maximum absolute atomic E-state index is 12.9. The molecule has 0 spiro atoms. The van der Waals surface area contributed by atoms with Gasteiger partial charge in [0.15, 0.2) is 0 Å². The average Bonchev–Trinajstić information content (AvgIpc) is 3.06. The number of fused-ring (bicyclic) bond motifs is 1. The summed E-state index contributed by atoms with van der Waals surface area (Å²) < 4.78 is 2.00. The van der Waals surface area contributed by atoms with Crippen molar-refractivity contribution in [3.63, 3.8) is 0 Å². The summed E-state index contributed by atoms with van der Waals surface area (Å²) in [4.78, 5) is 19.2. The molecular formula is C23H25N3O. The van der Waals surface area contributed by atoms with Crippen molar-refractivity contribution in [2.24, 2.45) is 5.92 Å². The summed E-state index contributed by atoms with van der Waals surface area (Å²) in [6.45, 7) is 7.38. The largest absolute Gasteiger partial charge is 0.331 e. The number of aromatic nitrogens is 2. The predicted octanol–water partition coefficient (Wildman–Crippen LogP) is 3.72. The van der Waals surface area contributed by atoms with Crippen molar-refractivity contribution in [2.45, 2.75) is 27.2 Å². The van der Waals surface area contributed by atoms with Crippen molar-refractivity contribution < 1.29 is 4.79 Å². The number of imidazole rings is 1. The van der Waals surface area contributed by atoms with Crippen LogP contribution in [-0.4, -0.2) is 33.3 Å². The zero-order valence-corrected chi connectivity index (χ0v) is 16.1. The maximum atomic E-state index is 12.9. The van der Waals surface area contributed by atoms with Gasteiger partial charge in [0.1, 0.15) is 5.65 Å². The number of nitrogens with zero attached hydrogens (tertiary/aromatic N) is 3. The molecule has 0 saturated heterocycles. The second-order valence-electron chi connectivity index (χ2n) is 7.15. The number of carbonyl (C=O) groups excluding carboxylic acids is 1. The number of carbonyl (C=O) groups is 1. The van der Waals surface area contributed by atoms with Crippen LogP contribution in [-0.2, 0) is 11.2 Å². The van der Waals surface area contributed by atoms with Gasteiger partial charge in [-0.05, 0) is 36.6 Å². The second kappa shape index (κ2) is 8.55. The van der Waals surface area contributed by atoms with E-state index in [1.54, 1.807) is 6.20 Å². The summed E-state index contributed by atoms with van der Waals surface area (Å²) in [6, 6.07) is 13.9. The minimum absolute atomic E-state index is 0.0781. The zero-order valence-electron chi connectivity index (χ0n) is 16.1. The van der Waals surface area contributed by atoms with E-state index in [2.05, 4.69) is 30.7 Å². The Morgan fingerprint density at radius 2 is 1.96 bits per heavy atom. The standard InChI is InChI=1S/C23H25N3O/c1-18(2)17-25(13-8-12-20-10-5-4-6-11-20)22(27)15-21-16-24-23-19(3)9-7-14-26(21)23/h4-7,9-11,14,16,18H,13,15,17H2,1-3H3. The molecule has 27 heavy (non-hydrogen) atoms. The molecule has 1 amide bonds. The third-order valence-electron chi connectivity index (χ3n) is 4.35. The normalized spacial score (nSPS) is 10.7. The lowest BCUT2D eigenvalue weighted by Crippen LogP contribution is -2.36. The van der Waals surface area contributed by atoms with Gasteiger partial charge in [-0.15, -0.1) is 0 Å².